The van der Waals surface area contributed by atoms with Crippen molar-refractivity contribution in [2.24, 2.45) is 0 Å². The summed E-state index contributed by atoms with van der Waals surface area (Å²) < 4.78 is 1.54. The van der Waals surface area contributed by atoms with E-state index in [1.54, 1.807) is 30.3 Å². The van der Waals surface area contributed by atoms with E-state index in [4.69, 9.17) is 0 Å². The highest BCUT2D eigenvalue weighted by molar-refractivity contribution is 6.03. The SMILES string of the molecule is Cc1cc(C(=O)Nc2ccc(NC(=O)NC3CC3)cc2)n2nc(C)cc2n1. The Morgan fingerprint density at radius 1 is 1.00 bits per heavy atom. The van der Waals surface area contributed by atoms with Crippen molar-refractivity contribution in [1.82, 2.24) is 19.9 Å². The number of nitrogens with one attached hydrogen (secondary N) is 3. The third-order valence-corrected chi connectivity index (χ3v) is 4.22. The van der Waals surface area contributed by atoms with Gasteiger partial charge in [-0.1, -0.05) is 0 Å². The molecule has 2 aromatic heterocycles. The van der Waals surface area contributed by atoms with Gasteiger partial charge in [0.1, 0.15) is 5.69 Å². The summed E-state index contributed by atoms with van der Waals surface area (Å²) in [4.78, 5) is 28.8. The van der Waals surface area contributed by atoms with Gasteiger partial charge < -0.3 is 16.0 Å². The Morgan fingerprint density at radius 3 is 2.33 bits per heavy atom. The highest BCUT2D eigenvalue weighted by atomic mass is 16.2. The van der Waals surface area contributed by atoms with E-state index in [9.17, 15) is 9.59 Å². The Morgan fingerprint density at radius 2 is 1.67 bits per heavy atom. The van der Waals surface area contributed by atoms with Crippen molar-refractivity contribution in [3.05, 3.63) is 53.5 Å². The summed E-state index contributed by atoms with van der Waals surface area (Å²) in [6.07, 6.45) is 2.08. The summed E-state index contributed by atoms with van der Waals surface area (Å²) in [5.74, 6) is -0.277. The normalized spacial score (nSPS) is 13.4. The van der Waals surface area contributed by atoms with Crippen molar-refractivity contribution in [2.45, 2.75) is 32.7 Å². The van der Waals surface area contributed by atoms with Crippen molar-refractivity contribution >= 4 is 29.0 Å². The molecule has 1 aliphatic carbocycles. The molecule has 0 spiro atoms. The van der Waals surface area contributed by atoms with E-state index >= 15 is 0 Å². The van der Waals surface area contributed by atoms with Crippen LogP contribution in [0.1, 0.15) is 34.7 Å². The summed E-state index contributed by atoms with van der Waals surface area (Å²) in [6, 6.07) is 10.6. The molecule has 8 nitrogen and oxygen atoms in total. The number of aryl methyl sites for hydroxylation is 2. The maximum absolute atomic E-state index is 12.7. The number of carbonyl (C=O) groups is 2. The fourth-order valence-corrected chi connectivity index (χ4v) is 2.79. The van der Waals surface area contributed by atoms with Crippen LogP contribution in [-0.4, -0.2) is 32.6 Å². The minimum Gasteiger partial charge on any atom is -0.335 e. The first kappa shape index (κ1) is 17.0. The van der Waals surface area contributed by atoms with E-state index in [-0.39, 0.29) is 11.9 Å². The molecule has 1 saturated carbocycles. The van der Waals surface area contributed by atoms with Gasteiger partial charge in [0.05, 0.1) is 5.69 Å². The van der Waals surface area contributed by atoms with Crippen molar-refractivity contribution in [1.29, 1.82) is 0 Å². The van der Waals surface area contributed by atoms with Crippen LogP contribution in [0.25, 0.3) is 5.65 Å². The molecule has 0 atom stereocenters. The molecule has 138 valence electrons. The van der Waals surface area contributed by atoms with Gasteiger partial charge in [0, 0.05) is 29.2 Å². The summed E-state index contributed by atoms with van der Waals surface area (Å²) in [6.45, 7) is 3.70. The number of carbonyl (C=O) groups excluding carboxylic acids is 2. The zero-order chi connectivity index (χ0) is 19.0. The van der Waals surface area contributed by atoms with E-state index in [1.165, 1.54) is 4.52 Å². The maximum Gasteiger partial charge on any atom is 0.319 e. The quantitative estimate of drug-likeness (QED) is 0.663. The number of aromatic nitrogens is 3. The Kier molecular flexibility index (Phi) is 4.23. The van der Waals surface area contributed by atoms with E-state index in [2.05, 4.69) is 26.0 Å². The molecule has 0 aliphatic heterocycles. The van der Waals surface area contributed by atoms with Crippen LogP contribution in [0.4, 0.5) is 16.2 Å². The summed E-state index contributed by atoms with van der Waals surface area (Å²) in [5, 5.41) is 12.8. The van der Waals surface area contributed by atoms with Gasteiger partial charge in [-0.15, -0.1) is 0 Å². The molecular weight excluding hydrogens is 344 g/mol. The van der Waals surface area contributed by atoms with Crippen LogP contribution in [0.2, 0.25) is 0 Å². The third kappa shape index (κ3) is 3.89. The molecule has 0 radical (unpaired) electrons. The van der Waals surface area contributed by atoms with Crippen molar-refractivity contribution in [3.63, 3.8) is 0 Å². The topological polar surface area (TPSA) is 100 Å². The minimum absolute atomic E-state index is 0.210. The highest BCUT2D eigenvalue weighted by Gasteiger charge is 2.23. The molecule has 0 unspecified atom stereocenters. The van der Waals surface area contributed by atoms with Gasteiger partial charge in [-0.25, -0.2) is 14.3 Å². The van der Waals surface area contributed by atoms with Crippen LogP contribution < -0.4 is 16.0 Å². The molecule has 1 aromatic carbocycles. The van der Waals surface area contributed by atoms with Crippen molar-refractivity contribution in [3.8, 4) is 0 Å². The smallest absolute Gasteiger partial charge is 0.319 e. The number of hydrogen-bond acceptors (Lipinski definition) is 4. The highest BCUT2D eigenvalue weighted by Crippen LogP contribution is 2.19. The van der Waals surface area contributed by atoms with Gasteiger partial charge in [-0.3, -0.25) is 4.79 Å². The van der Waals surface area contributed by atoms with Gasteiger partial charge in [0.15, 0.2) is 5.65 Å². The number of urea groups is 1. The Hall–Kier alpha value is -3.42. The Bertz CT molecular complexity index is 1020. The molecule has 3 aromatic rings. The summed E-state index contributed by atoms with van der Waals surface area (Å²) in [7, 11) is 0. The molecule has 1 fully saturated rings. The van der Waals surface area contributed by atoms with Crippen LogP contribution >= 0.6 is 0 Å². The van der Waals surface area contributed by atoms with Gasteiger partial charge in [0.25, 0.3) is 5.91 Å². The monoisotopic (exact) mass is 364 g/mol. The molecule has 3 amide bonds. The van der Waals surface area contributed by atoms with Crippen LogP contribution in [0.3, 0.4) is 0 Å². The second kappa shape index (κ2) is 6.71. The number of benzene rings is 1. The number of anilines is 2. The molecule has 1 aliphatic rings. The summed E-state index contributed by atoms with van der Waals surface area (Å²) >= 11 is 0. The molecule has 27 heavy (non-hydrogen) atoms. The van der Waals surface area contributed by atoms with Gasteiger partial charge in [-0.05, 0) is 57.0 Å². The predicted octanol–water partition coefficient (Wildman–Crippen LogP) is 2.88. The first-order valence-electron chi connectivity index (χ1n) is 8.81. The minimum atomic E-state index is -0.277. The zero-order valence-corrected chi connectivity index (χ0v) is 15.1. The van der Waals surface area contributed by atoms with E-state index in [0.717, 1.165) is 24.2 Å². The van der Waals surface area contributed by atoms with E-state index < -0.39 is 0 Å². The van der Waals surface area contributed by atoms with Crippen LogP contribution in [-0.2, 0) is 0 Å². The first-order chi connectivity index (χ1) is 13.0. The molecule has 0 bridgehead atoms. The second-order valence-corrected chi connectivity index (χ2v) is 6.74. The average molecular weight is 364 g/mol. The number of amides is 3. The van der Waals surface area contributed by atoms with E-state index in [1.807, 2.05) is 19.9 Å². The zero-order valence-electron chi connectivity index (χ0n) is 15.1. The van der Waals surface area contributed by atoms with Crippen molar-refractivity contribution in [2.75, 3.05) is 10.6 Å². The lowest BCUT2D eigenvalue weighted by Crippen LogP contribution is -2.30. The molecule has 8 heteroatoms. The van der Waals surface area contributed by atoms with Gasteiger partial charge in [0.2, 0.25) is 0 Å². The number of hydrogen-bond donors (Lipinski definition) is 3. The predicted molar refractivity (Wildman–Crippen MR) is 102 cm³/mol. The molecule has 4 rings (SSSR count). The fourth-order valence-electron chi connectivity index (χ4n) is 2.79. The number of rotatable bonds is 4. The van der Waals surface area contributed by atoms with Crippen LogP contribution in [0.5, 0.6) is 0 Å². The largest absolute Gasteiger partial charge is 0.335 e. The van der Waals surface area contributed by atoms with Crippen LogP contribution in [0.15, 0.2) is 36.4 Å². The first-order valence-corrected chi connectivity index (χ1v) is 8.81. The Balaban J connectivity index is 1.47. The molecule has 3 N–H and O–H groups in total. The average Bonchev–Trinajstić information content (AvgIpc) is 3.34. The molecule has 0 saturated heterocycles. The van der Waals surface area contributed by atoms with Gasteiger partial charge in [-0.2, -0.15) is 5.10 Å². The second-order valence-electron chi connectivity index (χ2n) is 6.74. The summed E-state index contributed by atoms with van der Waals surface area (Å²) in [5.41, 5.74) is 3.88. The van der Waals surface area contributed by atoms with Crippen LogP contribution in [0, 0.1) is 13.8 Å². The Labute approximate surface area is 156 Å². The third-order valence-electron chi connectivity index (χ3n) is 4.22. The maximum atomic E-state index is 12.7. The molecule has 2 heterocycles. The number of nitrogens with zero attached hydrogens (tertiary/aromatic N) is 3. The standard InChI is InChI=1S/C19H20N6O2/c1-11-9-16(25-17(20-11)10-12(2)24-25)18(26)21-13-3-5-14(6-4-13)22-19(27)23-15-7-8-15/h3-6,9-10,15H,7-8H2,1-2H3,(H,21,26)(H2,22,23,27). The number of fused-ring (bicyclic) bond motifs is 1. The fraction of sp³-hybridized carbons (Fsp3) is 0.263. The lowest BCUT2D eigenvalue weighted by atomic mass is 10.2. The van der Waals surface area contributed by atoms with Gasteiger partial charge >= 0.3 is 6.03 Å². The lowest BCUT2D eigenvalue weighted by molar-refractivity contribution is 0.101. The van der Waals surface area contributed by atoms with E-state index in [0.29, 0.717) is 28.8 Å². The lowest BCUT2D eigenvalue weighted by Gasteiger charge is -2.10. The van der Waals surface area contributed by atoms with Crippen molar-refractivity contribution < 1.29 is 9.59 Å². The molecular formula is C19H20N6O2.